The molecule has 3 aromatic rings. The molecule has 3 fully saturated rings. The summed E-state index contributed by atoms with van der Waals surface area (Å²) in [7, 11) is 0. The molecule has 0 radical (unpaired) electrons. The molecule has 4 amide bonds. The predicted molar refractivity (Wildman–Crippen MR) is 163 cm³/mol. The topological polar surface area (TPSA) is 129 Å². The quantitative estimate of drug-likeness (QED) is 0.251. The maximum absolute atomic E-state index is 14.2. The summed E-state index contributed by atoms with van der Waals surface area (Å²) in [5.74, 6) is -5.41. The summed E-state index contributed by atoms with van der Waals surface area (Å²) in [5.41, 5.74) is 3.29. The minimum absolute atomic E-state index is 0.0596. The average molecular weight is 603 g/mol. The minimum atomic E-state index is -0.740. The van der Waals surface area contributed by atoms with Gasteiger partial charge < -0.3 is 5.11 Å². The first-order valence-corrected chi connectivity index (χ1v) is 15.0. The normalized spacial score (nSPS) is 27.2. The number of ketones is 2. The Balaban J connectivity index is 1.29. The molecule has 2 heterocycles. The van der Waals surface area contributed by atoms with Crippen molar-refractivity contribution in [1.29, 1.82) is 0 Å². The van der Waals surface area contributed by atoms with Gasteiger partial charge in [-0.25, -0.2) is 0 Å². The van der Waals surface area contributed by atoms with Gasteiger partial charge in [0.05, 0.1) is 35.0 Å². The third kappa shape index (κ3) is 4.36. The highest BCUT2D eigenvalue weighted by Crippen LogP contribution is 2.58. The van der Waals surface area contributed by atoms with Crippen LogP contribution >= 0.6 is 0 Å². The van der Waals surface area contributed by atoms with Crippen LogP contribution in [-0.2, 0) is 19.2 Å². The lowest BCUT2D eigenvalue weighted by Gasteiger charge is -2.44. The molecule has 2 saturated heterocycles. The van der Waals surface area contributed by atoms with E-state index >= 15 is 0 Å². The Morgan fingerprint density at radius 3 is 1.62 bits per heavy atom. The number of nitrogens with zero attached hydrogens (tertiary/aromatic N) is 2. The Labute approximate surface area is 259 Å². The maximum atomic E-state index is 14.2. The number of fused-ring (bicyclic) bond motifs is 4. The lowest BCUT2D eigenvalue weighted by Crippen LogP contribution is -2.43. The predicted octanol–water partition coefficient (Wildman–Crippen LogP) is 4.84. The van der Waals surface area contributed by atoms with Crippen LogP contribution in [-0.4, -0.2) is 40.3 Å². The van der Waals surface area contributed by atoms with Gasteiger partial charge in [-0.3, -0.25) is 38.6 Å². The Morgan fingerprint density at radius 2 is 1.11 bits per heavy atom. The number of phenolic OH excluding ortho intramolecular Hbond substituents is 1. The van der Waals surface area contributed by atoms with Gasteiger partial charge in [0.1, 0.15) is 5.75 Å². The molecular formula is C36H30N2O7. The van der Waals surface area contributed by atoms with Crippen molar-refractivity contribution in [2.75, 3.05) is 9.80 Å². The van der Waals surface area contributed by atoms with Crippen molar-refractivity contribution in [2.45, 2.75) is 32.6 Å². The number of Topliss-reactive ketones (excluding diaryl/α,β-unsaturated/α-hetero) is 2. The summed E-state index contributed by atoms with van der Waals surface area (Å²) in [5, 5.41) is 10.0. The van der Waals surface area contributed by atoms with Crippen LogP contribution < -0.4 is 9.80 Å². The number of allylic oxidation sites excluding steroid dienone is 2. The number of carbonyl (C=O) groups excluding carboxylic acids is 6. The minimum Gasteiger partial charge on any atom is -0.508 e. The van der Waals surface area contributed by atoms with E-state index in [1.807, 2.05) is 6.08 Å². The van der Waals surface area contributed by atoms with E-state index in [0.29, 0.717) is 28.9 Å². The zero-order chi connectivity index (χ0) is 31.7. The molecule has 0 unspecified atom stereocenters. The number of imide groups is 2. The number of benzene rings is 3. The fraction of sp³-hybridized carbons (Fsp3) is 0.278. The number of aromatic hydroxyl groups is 1. The second-order valence-corrected chi connectivity index (χ2v) is 12.3. The van der Waals surface area contributed by atoms with Gasteiger partial charge in [-0.2, -0.15) is 0 Å². The Hall–Kier alpha value is -5.18. The SMILES string of the molecule is CC(=O)c1ccc(N2C(=O)[C@H]3[C@H](CC=C4[C@H]3C[C@H]3C(=O)N(c5ccc(C(C)=O)cc5)C(=O)[C@H]3[C@H]4c3ccc(O)cc3)C2=O)cc1. The molecule has 3 aromatic carbocycles. The number of carbonyl (C=O) groups is 6. The van der Waals surface area contributed by atoms with Crippen molar-refractivity contribution in [3.63, 3.8) is 0 Å². The standard InChI is InChI=1S/C36H30N2O7/c1-18(39)20-3-9-23(10-4-20)37-33(42)27-16-15-26-28(31(27)35(37)44)17-29-32(30(26)22-7-13-25(41)14-8-22)36(45)38(34(29)43)24-11-5-21(6-12-24)19(2)40/h3-15,27-32,41H,16-17H2,1-2H3/t27-,28+,29+,30-,31-,32+/m0/s1. The molecule has 7 rings (SSSR count). The molecule has 45 heavy (non-hydrogen) atoms. The number of hydrogen-bond donors (Lipinski definition) is 1. The average Bonchev–Trinajstić information content (AvgIpc) is 3.44. The Bertz CT molecular complexity index is 1820. The summed E-state index contributed by atoms with van der Waals surface area (Å²) in [6, 6.07) is 19.3. The van der Waals surface area contributed by atoms with Crippen LogP contribution in [0.25, 0.3) is 0 Å². The summed E-state index contributed by atoms with van der Waals surface area (Å²) in [6.45, 7) is 2.89. The first kappa shape index (κ1) is 28.6. The van der Waals surface area contributed by atoms with E-state index in [2.05, 4.69) is 0 Å². The molecule has 0 aromatic heterocycles. The van der Waals surface area contributed by atoms with E-state index < -0.39 is 35.5 Å². The Kier molecular flexibility index (Phi) is 6.65. The van der Waals surface area contributed by atoms with Crippen LogP contribution in [0.4, 0.5) is 11.4 Å². The van der Waals surface area contributed by atoms with Gasteiger partial charge in [0.2, 0.25) is 23.6 Å². The zero-order valence-corrected chi connectivity index (χ0v) is 24.7. The maximum Gasteiger partial charge on any atom is 0.238 e. The van der Waals surface area contributed by atoms with Gasteiger partial charge in [0, 0.05) is 17.0 Å². The van der Waals surface area contributed by atoms with Gasteiger partial charge in [-0.15, -0.1) is 0 Å². The third-order valence-corrected chi connectivity index (χ3v) is 9.96. The summed E-state index contributed by atoms with van der Waals surface area (Å²) >= 11 is 0. The first-order chi connectivity index (χ1) is 21.6. The number of hydrogen-bond acceptors (Lipinski definition) is 7. The molecule has 1 N–H and O–H groups in total. The summed E-state index contributed by atoms with van der Waals surface area (Å²) < 4.78 is 0. The monoisotopic (exact) mass is 602 g/mol. The van der Waals surface area contributed by atoms with Crippen LogP contribution in [0.2, 0.25) is 0 Å². The van der Waals surface area contributed by atoms with E-state index in [-0.39, 0.29) is 47.4 Å². The molecule has 4 aliphatic rings. The van der Waals surface area contributed by atoms with Crippen LogP contribution in [0, 0.1) is 29.6 Å². The molecule has 2 aliphatic heterocycles. The number of amides is 4. The molecule has 1 saturated carbocycles. The molecule has 226 valence electrons. The van der Waals surface area contributed by atoms with Crippen molar-refractivity contribution < 1.29 is 33.9 Å². The van der Waals surface area contributed by atoms with Gasteiger partial charge in [0.25, 0.3) is 0 Å². The molecule has 0 spiro atoms. The lowest BCUT2D eigenvalue weighted by molar-refractivity contribution is -0.126. The highest BCUT2D eigenvalue weighted by molar-refractivity contribution is 6.24. The molecule has 9 heteroatoms. The van der Waals surface area contributed by atoms with Crippen molar-refractivity contribution in [2.24, 2.45) is 29.6 Å². The summed E-state index contributed by atoms with van der Waals surface area (Å²) in [4.78, 5) is 82.1. The second-order valence-electron chi connectivity index (χ2n) is 12.3. The highest BCUT2D eigenvalue weighted by atomic mass is 16.3. The third-order valence-electron chi connectivity index (χ3n) is 9.96. The van der Waals surface area contributed by atoms with Gasteiger partial charge in [-0.1, -0.05) is 23.8 Å². The first-order valence-electron chi connectivity index (χ1n) is 15.0. The van der Waals surface area contributed by atoms with E-state index in [1.54, 1.807) is 60.7 Å². The molecule has 2 aliphatic carbocycles. The Morgan fingerprint density at radius 1 is 0.622 bits per heavy atom. The number of rotatable bonds is 5. The molecule has 6 atom stereocenters. The van der Waals surface area contributed by atoms with E-state index in [1.165, 1.54) is 35.8 Å². The van der Waals surface area contributed by atoms with Gasteiger partial charge in [-0.05, 0) is 98.8 Å². The number of anilines is 2. The van der Waals surface area contributed by atoms with Gasteiger partial charge in [0.15, 0.2) is 11.6 Å². The lowest BCUT2D eigenvalue weighted by atomic mass is 9.57. The highest BCUT2D eigenvalue weighted by Gasteiger charge is 2.62. The van der Waals surface area contributed by atoms with Crippen molar-refractivity contribution in [3.8, 4) is 5.75 Å². The van der Waals surface area contributed by atoms with Crippen LogP contribution in [0.5, 0.6) is 5.75 Å². The summed E-state index contributed by atoms with van der Waals surface area (Å²) in [6.07, 6.45) is 2.51. The fourth-order valence-corrected chi connectivity index (χ4v) is 7.84. The van der Waals surface area contributed by atoms with Crippen molar-refractivity contribution >= 4 is 46.6 Å². The largest absolute Gasteiger partial charge is 0.508 e. The van der Waals surface area contributed by atoms with Crippen LogP contribution in [0.3, 0.4) is 0 Å². The molecule has 0 bridgehead atoms. The molecule has 9 nitrogen and oxygen atoms in total. The number of phenols is 1. The van der Waals surface area contributed by atoms with Gasteiger partial charge >= 0.3 is 0 Å². The van der Waals surface area contributed by atoms with Crippen LogP contribution in [0.15, 0.2) is 84.4 Å². The van der Waals surface area contributed by atoms with Crippen molar-refractivity contribution in [3.05, 3.63) is 101 Å². The van der Waals surface area contributed by atoms with E-state index in [0.717, 1.165) is 11.1 Å². The van der Waals surface area contributed by atoms with Crippen LogP contribution in [0.1, 0.15) is 58.9 Å². The molecular weight excluding hydrogens is 572 g/mol. The van der Waals surface area contributed by atoms with Crippen molar-refractivity contribution in [1.82, 2.24) is 0 Å². The zero-order valence-electron chi connectivity index (χ0n) is 24.7. The smallest absolute Gasteiger partial charge is 0.238 e. The van der Waals surface area contributed by atoms with E-state index in [4.69, 9.17) is 0 Å². The second kappa shape index (κ2) is 10.5. The van der Waals surface area contributed by atoms with E-state index in [9.17, 15) is 33.9 Å². The fourth-order valence-electron chi connectivity index (χ4n) is 7.84.